The van der Waals surface area contributed by atoms with Gasteiger partial charge in [-0.3, -0.25) is 4.68 Å². The molecular weight excluding hydrogens is 268 g/mol. The SMILES string of the molecule is Brc1c2c(nn1C1CCOCC1)CCCC2. The van der Waals surface area contributed by atoms with Crippen LogP contribution in [0.15, 0.2) is 4.60 Å². The first-order chi connectivity index (χ1) is 7.86. The maximum absolute atomic E-state index is 5.41. The zero-order valence-corrected chi connectivity index (χ0v) is 11.0. The second-order valence-corrected chi connectivity index (χ2v) is 5.46. The van der Waals surface area contributed by atoms with Gasteiger partial charge in [0, 0.05) is 18.8 Å². The minimum Gasteiger partial charge on any atom is -0.381 e. The molecule has 0 atom stereocenters. The third-order valence-electron chi connectivity index (χ3n) is 3.65. The van der Waals surface area contributed by atoms with Crippen LogP contribution in [0.1, 0.15) is 43.0 Å². The zero-order chi connectivity index (χ0) is 11.0. The largest absolute Gasteiger partial charge is 0.381 e. The van der Waals surface area contributed by atoms with E-state index in [-0.39, 0.29) is 0 Å². The van der Waals surface area contributed by atoms with E-state index in [9.17, 15) is 0 Å². The molecule has 2 aliphatic rings. The van der Waals surface area contributed by atoms with Gasteiger partial charge in [0.15, 0.2) is 0 Å². The first-order valence-electron chi connectivity index (χ1n) is 6.20. The molecule has 1 fully saturated rings. The summed E-state index contributed by atoms with van der Waals surface area (Å²) >= 11 is 3.73. The fraction of sp³-hybridized carbons (Fsp3) is 0.750. The normalized spacial score (nSPS) is 22.1. The van der Waals surface area contributed by atoms with Crippen molar-refractivity contribution in [3.8, 4) is 0 Å². The van der Waals surface area contributed by atoms with Crippen molar-refractivity contribution in [3.05, 3.63) is 15.9 Å². The van der Waals surface area contributed by atoms with Crippen molar-refractivity contribution in [2.24, 2.45) is 0 Å². The predicted octanol–water partition coefficient (Wildman–Crippen LogP) is 2.88. The molecule has 1 aliphatic carbocycles. The van der Waals surface area contributed by atoms with Crippen molar-refractivity contribution >= 4 is 15.9 Å². The van der Waals surface area contributed by atoms with E-state index < -0.39 is 0 Å². The highest BCUT2D eigenvalue weighted by Crippen LogP contribution is 2.32. The number of hydrogen-bond acceptors (Lipinski definition) is 2. The van der Waals surface area contributed by atoms with Crippen LogP contribution in [0.25, 0.3) is 0 Å². The molecule has 16 heavy (non-hydrogen) atoms. The standard InChI is InChI=1S/C12H17BrN2O/c13-12-10-3-1-2-4-11(10)14-15(12)9-5-7-16-8-6-9/h9H,1-8H2. The zero-order valence-electron chi connectivity index (χ0n) is 9.41. The van der Waals surface area contributed by atoms with Gasteiger partial charge in [0.25, 0.3) is 0 Å². The maximum Gasteiger partial charge on any atom is 0.107 e. The van der Waals surface area contributed by atoms with Crippen molar-refractivity contribution < 1.29 is 4.74 Å². The van der Waals surface area contributed by atoms with Crippen LogP contribution in [0, 0.1) is 0 Å². The number of rotatable bonds is 1. The average Bonchev–Trinajstić information content (AvgIpc) is 2.69. The topological polar surface area (TPSA) is 27.1 Å². The average molecular weight is 285 g/mol. The Morgan fingerprint density at radius 2 is 1.94 bits per heavy atom. The van der Waals surface area contributed by atoms with Crippen LogP contribution in [0.5, 0.6) is 0 Å². The lowest BCUT2D eigenvalue weighted by atomic mass is 9.99. The van der Waals surface area contributed by atoms with Gasteiger partial charge in [-0.25, -0.2) is 0 Å². The molecule has 3 rings (SSSR count). The third kappa shape index (κ3) is 1.82. The van der Waals surface area contributed by atoms with Gasteiger partial charge in [0.05, 0.1) is 11.7 Å². The quantitative estimate of drug-likeness (QED) is 0.793. The van der Waals surface area contributed by atoms with E-state index in [4.69, 9.17) is 9.84 Å². The summed E-state index contributed by atoms with van der Waals surface area (Å²) in [5.41, 5.74) is 2.78. The molecule has 3 nitrogen and oxygen atoms in total. The van der Waals surface area contributed by atoms with Gasteiger partial charge in [0.1, 0.15) is 4.60 Å². The molecule has 0 amide bonds. The number of aromatic nitrogens is 2. The van der Waals surface area contributed by atoms with Gasteiger partial charge >= 0.3 is 0 Å². The van der Waals surface area contributed by atoms with E-state index >= 15 is 0 Å². The second kappa shape index (κ2) is 4.49. The minimum atomic E-state index is 0.536. The predicted molar refractivity (Wildman–Crippen MR) is 65.7 cm³/mol. The molecule has 1 aliphatic heterocycles. The minimum absolute atomic E-state index is 0.536. The Morgan fingerprint density at radius 1 is 1.19 bits per heavy atom. The van der Waals surface area contributed by atoms with E-state index in [0.29, 0.717) is 6.04 Å². The summed E-state index contributed by atoms with van der Waals surface area (Å²) in [7, 11) is 0. The Hall–Kier alpha value is -0.350. The number of nitrogens with zero attached hydrogens (tertiary/aromatic N) is 2. The smallest absolute Gasteiger partial charge is 0.107 e. The fourth-order valence-electron chi connectivity index (χ4n) is 2.71. The number of fused-ring (bicyclic) bond motifs is 1. The van der Waals surface area contributed by atoms with Crippen LogP contribution in [-0.2, 0) is 17.6 Å². The second-order valence-electron chi connectivity index (χ2n) is 4.71. The molecule has 0 N–H and O–H groups in total. The summed E-state index contributed by atoms with van der Waals surface area (Å²) in [5, 5.41) is 4.79. The highest BCUT2D eigenvalue weighted by atomic mass is 79.9. The lowest BCUT2D eigenvalue weighted by molar-refractivity contribution is 0.0655. The van der Waals surface area contributed by atoms with Crippen molar-refractivity contribution in [1.29, 1.82) is 0 Å². The first-order valence-corrected chi connectivity index (χ1v) is 6.99. The summed E-state index contributed by atoms with van der Waals surface area (Å²) in [6.07, 6.45) is 7.15. The molecule has 4 heteroatoms. The van der Waals surface area contributed by atoms with Crippen LogP contribution in [0.4, 0.5) is 0 Å². The Morgan fingerprint density at radius 3 is 2.69 bits per heavy atom. The van der Waals surface area contributed by atoms with Crippen LogP contribution in [0.3, 0.4) is 0 Å². The van der Waals surface area contributed by atoms with E-state index in [1.807, 2.05) is 0 Å². The van der Waals surface area contributed by atoms with E-state index in [1.54, 1.807) is 0 Å². The Bertz CT molecular complexity index is 383. The van der Waals surface area contributed by atoms with Crippen LogP contribution < -0.4 is 0 Å². The molecule has 0 bridgehead atoms. The third-order valence-corrected chi connectivity index (χ3v) is 4.50. The Labute approximate surface area is 104 Å². The van der Waals surface area contributed by atoms with Gasteiger partial charge in [-0.15, -0.1) is 0 Å². The van der Waals surface area contributed by atoms with Crippen molar-refractivity contribution in [3.63, 3.8) is 0 Å². The Balaban J connectivity index is 1.91. The summed E-state index contributed by atoms with van der Waals surface area (Å²) in [4.78, 5) is 0. The molecule has 2 heterocycles. The molecule has 1 saturated heterocycles. The molecule has 0 unspecified atom stereocenters. The van der Waals surface area contributed by atoms with Gasteiger partial charge < -0.3 is 4.74 Å². The van der Waals surface area contributed by atoms with Crippen LogP contribution >= 0.6 is 15.9 Å². The lowest BCUT2D eigenvalue weighted by Crippen LogP contribution is -2.20. The Kier molecular flexibility index (Phi) is 3.03. The van der Waals surface area contributed by atoms with Gasteiger partial charge in [-0.1, -0.05) is 0 Å². The molecule has 0 spiro atoms. The fourth-order valence-corrected chi connectivity index (χ4v) is 3.50. The number of ether oxygens (including phenoxy) is 1. The molecule has 1 aromatic rings. The molecular formula is C12H17BrN2O. The molecule has 88 valence electrons. The lowest BCUT2D eigenvalue weighted by Gasteiger charge is -2.23. The molecule has 1 aromatic heterocycles. The summed E-state index contributed by atoms with van der Waals surface area (Å²) < 4.78 is 8.84. The molecule has 0 radical (unpaired) electrons. The van der Waals surface area contributed by atoms with Crippen molar-refractivity contribution in [2.45, 2.75) is 44.6 Å². The van der Waals surface area contributed by atoms with E-state index in [1.165, 1.54) is 35.1 Å². The van der Waals surface area contributed by atoms with Gasteiger partial charge in [-0.2, -0.15) is 5.10 Å². The maximum atomic E-state index is 5.41. The van der Waals surface area contributed by atoms with Gasteiger partial charge in [-0.05, 0) is 54.5 Å². The van der Waals surface area contributed by atoms with Crippen molar-refractivity contribution in [2.75, 3.05) is 13.2 Å². The van der Waals surface area contributed by atoms with Crippen LogP contribution in [0.2, 0.25) is 0 Å². The first kappa shape index (κ1) is 10.8. The molecule has 0 aromatic carbocycles. The van der Waals surface area contributed by atoms with Crippen LogP contribution in [-0.4, -0.2) is 23.0 Å². The summed E-state index contributed by atoms with van der Waals surface area (Å²) in [6, 6.07) is 0.536. The van der Waals surface area contributed by atoms with Crippen molar-refractivity contribution in [1.82, 2.24) is 9.78 Å². The number of halogens is 1. The number of hydrogen-bond donors (Lipinski definition) is 0. The van der Waals surface area contributed by atoms with Gasteiger partial charge in [0.2, 0.25) is 0 Å². The summed E-state index contributed by atoms with van der Waals surface area (Å²) in [5.74, 6) is 0. The van der Waals surface area contributed by atoms with E-state index in [0.717, 1.165) is 32.5 Å². The van der Waals surface area contributed by atoms with E-state index in [2.05, 4.69) is 20.6 Å². The summed E-state index contributed by atoms with van der Waals surface area (Å²) in [6.45, 7) is 1.75. The monoisotopic (exact) mass is 284 g/mol. The highest BCUT2D eigenvalue weighted by Gasteiger charge is 2.24. The molecule has 0 saturated carbocycles. The highest BCUT2D eigenvalue weighted by molar-refractivity contribution is 9.10. The number of aryl methyl sites for hydroxylation is 1.